The van der Waals surface area contributed by atoms with Crippen LogP contribution in [0.4, 0.5) is 0 Å². The first-order valence-corrected chi connectivity index (χ1v) is 10.4. The second-order valence-corrected chi connectivity index (χ2v) is 7.49. The molecule has 0 radical (unpaired) electrons. The number of nitrogens with zero attached hydrogens (tertiary/aromatic N) is 5. The zero-order chi connectivity index (χ0) is 21.5. The van der Waals surface area contributed by atoms with Gasteiger partial charge in [0.05, 0.1) is 33.3 Å². The summed E-state index contributed by atoms with van der Waals surface area (Å²) >= 11 is 0. The molecule has 9 nitrogen and oxygen atoms in total. The fraction of sp³-hybridized carbons (Fsp3) is 0.364. The van der Waals surface area contributed by atoms with Gasteiger partial charge < -0.3 is 19.3 Å². The van der Waals surface area contributed by atoms with Crippen LogP contribution < -0.4 is 14.4 Å². The van der Waals surface area contributed by atoms with Crippen LogP contribution in [0.5, 0.6) is 11.5 Å². The van der Waals surface area contributed by atoms with Crippen LogP contribution in [0.2, 0.25) is 0 Å². The largest absolute Gasteiger partial charge is 0.497 e. The Morgan fingerprint density at radius 1 is 1.03 bits per heavy atom. The van der Waals surface area contributed by atoms with Crippen molar-refractivity contribution in [1.29, 1.82) is 0 Å². The number of carbonyl (C=O) groups is 1. The van der Waals surface area contributed by atoms with Crippen molar-refractivity contribution < 1.29 is 19.2 Å². The van der Waals surface area contributed by atoms with Crippen molar-refractivity contribution in [2.45, 2.75) is 19.7 Å². The van der Waals surface area contributed by atoms with Gasteiger partial charge in [-0.1, -0.05) is 18.2 Å². The molecule has 1 aliphatic heterocycles. The third-order valence-electron chi connectivity index (χ3n) is 5.32. The second kappa shape index (κ2) is 10.0. The number of amides is 1. The molecule has 2 aromatic carbocycles. The van der Waals surface area contributed by atoms with Gasteiger partial charge in [-0.05, 0) is 41.6 Å². The van der Waals surface area contributed by atoms with Crippen molar-refractivity contribution in [2.24, 2.45) is 0 Å². The van der Waals surface area contributed by atoms with E-state index in [1.807, 2.05) is 47.4 Å². The maximum atomic E-state index is 12.6. The minimum atomic E-state index is 0.0106. The maximum absolute atomic E-state index is 12.6. The number of piperazine rings is 1. The summed E-state index contributed by atoms with van der Waals surface area (Å²) in [5.41, 5.74) is 1.27. The third-order valence-corrected chi connectivity index (χ3v) is 5.32. The Hall–Kier alpha value is -3.46. The van der Waals surface area contributed by atoms with Crippen molar-refractivity contribution in [3.8, 4) is 11.5 Å². The van der Waals surface area contributed by atoms with Crippen molar-refractivity contribution in [1.82, 2.24) is 25.1 Å². The predicted octanol–water partition coefficient (Wildman–Crippen LogP) is 0.188. The van der Waals surface area contributed by atoms with Gasteiger partial charge in [0.1, 0.15) is 24.6 Å². The molecule has 9 heteroatoms. The van der Waals surface area contributed by atoms with Crippen LogP contribution in [-0.2, 0) is 24.5 Å². The van der Waals surface area contributed by atoms with Crippen LogP contribution in [0.1, 0.15) is 11.4 Å². The van der Waals surface area contributed by atoms with Gasteiger partial charge in [-0.3, -0.25) is 4.79 Å². The average Bonchev–Trinajstić information content (AvgIpc) is 3.26. The molecule has 0 aliphatic carbocycles. The summed E-state index contributed by atoms with van der Waals surface area (Å²) in [6, 6.07) is 17.6. The van der Waals surface area contributed by atoms with Crippen molar-refractivity contribution in [3.05, 3.63) is 66.0 Å². The molecule has 0 atom stereocenters. The van der Waals surface area contributed by atoms with Gasteiger partial charge in [0.15, 0.2) is 6.61 Å². The van der Waals surface area contributed by atoms with Crippen LogP contribution in [0.3, 0.4) is 0 Å². The van der Waals surface area contributed by atoms with Crippen molar-refractivity contribution in [3.63, 3.8) is 0 Å². The molecule has 0 unspecified atom stereocenters. The van der Waals surface area contributed by atoms with E-state index >= 15 is 0 Å². The third kappa shape index (κ3) is 5.79. The van der Waals surface area contributed by atoms with Gasteiger partial charge >= 0.3 is 0 Å². The molecule has 3 aromatic rings. The quantitative estimate of drug-likeness (QED) is 0.557. The molecule has 0 spiro atoms. The van der Waals surface area contributed by atoms with Crippen LogP contribution in [0.15, 0.2) is 54.6 Å². The van der Waals surface area contributed by atoms with E-state index in [9.17, 15) is 4.79 Å². The molecular formula is C22H27N6O3+. The summed E-state index contributed by atoms with van der Waals surface area (Å²) in [5, 5.41) is 12.2. The topological polar surface area (TPSA) is 86.8 Å². The lowest BCUT2D eigenvalue weighted by atomic mass is 10.2. The first kappa shape index (κ1) is 20.8. The van der Waals surface area contributed by atoms with Gasteiger partial charge in [-0.15, -0.1) is 10.2 Å². The number of aromatic nitrogens is 4. The molecule has 2 heterocycles. The number of nitrogens with one attached hydrogen (secondary N) is 1. The second-order valence-electron chi connectivity index (χ2n) is 7.49. The number of carbonyl (C=O) groups excluding carboxylic acids is 1. The van der Waals surface area contributed by atoms with Crippen molar-refractivity contribution >= 4 is 5.91 Å². The van der Waals surface area contributed by atoms with Crippen LogP contribution >= 0.6 is 0 Å². The summed E-state index contributed by atoms with van der Waals surface area (Å²) in [6.45, 7) is 4.53. The molecule has 1 aromatic heterocycles. The summed E-state index contributed by atoms with van der Waals surface area (Å²) in [4.78, 5) is 17.3. The van der Waals surface area contributed by atoms with E-state index in [2.05, 4.69) is 27.5 Å². The molecular weight excluding hydrogens is 396 g/mol. The van der Waals surface area contributed by atoms with Gasteiger partial charge in [0.25, 0.3) is 0 Å². The Kier molecular flexibility index (Phi) is 6.73. The lowest BCUT2D eigenvalue weighted by Gasteiger charge is -2.32. The summed E-state index contributed by atoms with van der Waals surface area (Å²) in [5.74, 6) is 2.07. The fourth-order valence-electron chi connectivity index (χ4n) is 3.57. The Morgan fingerprint density at radius 2 is 1.77 bits per heavy atom. The smallest absolute Gasteiger partial charge is 0.246 e. The molecule has 1 amide bonds. The molecule has 0 saturated carbocycles. The van der Waals surface area contributed by atoms with Gasteiger partial charge in [-0.2, -0.15) is 4.80 Å². The Labute approximate surface area is 181 Å². The maximum Gasteiger partial charge on any atom is 0.246 e. The van der Waals surface area contributed by atoms with Gasteiger partial charge in [0.2, 0.25) is 11.7 Å². The number of para-hydroxylation sites is 1. The van der Waals surface area contributed by atoms with Crippen LogP contribution in [-0.4, -0.2) is 64.3 Å². The predicted molar refractivity (Wildman–Crippen MR) is 113 cm³/mol. The first-order valence-electron chi connectivity index (χ1n) is 10.4. The SMILES string of the molecule is COc1ccc(C[NH+]2CCN(C(=O)Cn3nnc(COc4ccccc4)n3)CC2)cc1. The Morgan fingerprint density at radius 3 is 2.48 bits per heavy atom. The van der Waals surface area contributed by atoms with Crippen molar-refractivity contribution in [2.75, 3.05) is 33.3 Å². The van der Waals surface area contributed by atoms with Gasteiger partial charge in [0, 0.05) is 5.56 Å². The minimum absolute atomic E-state index is 0.0106. The summed E-state index contributed by atoms with van der Waals surface area (Å²) in [6.07, 6.45) is 0. The Balaban J connectivity index is 1.21. The zero-order valence-corrected chi connectivity index (χ0v) is 17.6. The van der Waals surface area contributed by atoms with E-state index < -0.39 is 0 Å². The minimum Gasteiger partial charge on any atom is -0.497 e. The lowest BCUT2D eigenvalue weighted by molar-refractivity contribution is -0.917. The molecule has 1 N–H and O–H groups in total. The first-order chi connectivity index (χ1) is 15.2. The molecule has 0 bridgehead atoms. The summed E-state index contributed by atoms with van der Waals surface area (Å²) < 4.78 is 10.8. The van der Waals surface area contributed by atoms with Gasteiger partial charge in [-0.25, -0.2) is 0 Å². The van der Waals surface area contributed by atoms with E-state index in [0.717, 1.165) is 44.2 Å². The molecule has 1 saturated heterocycles. The van der Waals surface area contributed by atoms with E-state index in [1.165, 1.54) is 15.3 Å². The highest BCUT2D eigenvalue weighted by Gasteiger charge is 2.24. The highest BCUT2D eigenvalue weighted by Crippen LogP contribution is 2.11. The lowest BCUT2D eigenvalue weighted by Crippen LogP contribution is -3.13. The highest BCUT2D eigenvalue weighted by atomic mass is 16.5. The number of benzene rings is 2. The molecule has 1 fully saturated rings. The number of rotatable bonds is 8. The normalized spacial score (nSPS) is 14.4. The van der Waals surface area contributed by atoms with Crippen LogP contribution in [0, 0.1) is 0 Å². The fourth-order valence-corrected chi connectivity index (χ4v) is 3.57. The van der Waals surface area contributed by atoms with E-state index in [1.54, 1.807) is 7.11 Å². The monoisotopic (exact) mass is 423 g/mol. The highest BCUT2D eigenvalue weighted by molar-refractivity contribution is 5.75. The Bertz CT molecular complexity index is 968. The number of hydrogen-bond donors (Lipinski definition) is 1. The molecule has 162 valence electrons. The number of hydrogen-bond acceptors (Lipinski definition) is 6. The number of tetrazole rings is 1. The summed E-state index contributed by atoms with van der Waals surface area (Å²) in [7, 11) is 1.67. The average molecular weight is 423 g/mol. The number of quaternary nitrogens is 1. The van der Waals surface area contributed by atoms with E-state index in [0.29, 0.717) is 5.82 Å². The standard InChI is InChI=1S/C22H26N6O3/c1-30-19-9-7-18(8-10-19)15-26-11-13-27(14-12-26)22(29)16-28-24-21(23-25-28)17-31-20-5-3-2-4-6-20/h2-10H,11-17H2,1H3/p+1. The molecule has 31 heavy (non-hydrogen) atoms. The van der Waals surface area contributed by atoms with E-state index in [-0.39, 0.29) is 19.1 Å². The zero-order valence-electron chi connectivity index (χ0n) is 17.6. The molecule has 1 aliphatic rings. The number of methoxy groups -OCH3 is 1. The molecule has 4 rings (SSSR count). The van der Waals surface area contributed by atoms with E-state index in [4.69, 9.17) is 9.47 Å². The van der Waals surface area contributed by atoms with Crippen LogP contribution in [0.25, 0.3) is 0 Å². The number of ether oxygens (including phenoxy) is 2.